The maximum absolute atomic E-state index is 10.6. The third-order valence-corrected chi connectivity index (χ3v) is 1.48. The van der Waals surface area contributed by atoms with Gasteiger partial charge >= 0.3 is 0 Å². The lowest BCUT2D eigenvalue weighted by atomic mass is 10.2. The van der Waals surface area contributed by atoms with Crippen molar-refractivity contribution in [2.45, 2.75) is 6.92 Å². The first-order chi connectivity index (χ1) is 5.70. The average molecular weight is 162 g/mol. The summed E-state index contributed by atoms with van der Waals surface area (Å²) >= 11 is 0. The third-order valence-electron chi connectivity index (χ3n) is 1.48. The van der Waals surface area contributed by atoms with Crippen LogP contribution < -0.4 is 5.73 Å². The Bertz CT molecular complexity index is 304. The van der Waals surface area contributed by atoms with E-state index in [-0.39, 0.29) is 0 Å². The lowest BCUT2D eigenvalue weighted by Gasteiger charge is -1.94. The Kier molecular flexibility index (Phi) is 2.58. The predicted octanol–water partition coefficient (Wildman–Crippen LogP) is 0.970. The normalized spacial score (nSPS) is 11.2. The number of hydrogen-bond acceptors (Lipinski definition) is 2. The van der Waals surface area contributed by atoms with Gasteiger partial charge in [-0.15, -0.1) is 0 Å². The molecule has 1 heterocycles. The van der Waals surface area contributed by atoms with Gasteiger partial charge in [-0.1, -0.05) is 0 Å². The molecule has 2 N–H and O–H groups in total. The first-order valence-corrected chi connectivity index (χ1v) is 3.58. The molecule has 0 bridgehead atoms. The molecule has 3 heteroatoms. The minimum absolute atomic E-state index is 0.396. The van der Waals surface area contributed by atoms with Gasteiger partial charge in [-0.25, -0.2) is 0 Å². The van der Waals surface area contributed by atoms with Crippen molar-refractivity contribution >= 4 is 12.0 Å². The summed E-state index contributed by atoms with van der Waals surface area (Å²) in [6.07, 6.45) is 5.06. The van der Waals surface area contributed by atoms with Gasteiger partial charge in [-0.2, -0.15) is 0 Å². The van der Waals surface area contributed by atoms with Gasteiger partial charge in [-0.3, -0.25) is 9.78 Å². The van der Waals surface area contributed by atoms with E-state index in [4.69, 9.17) is 5.73 Å². The van der Waals surface area contributed by atoms with Gasteiger partial charge < -0.3 is 5.73 Å². The number of nitrogens with two attached hydrogens (primary N) is 1. The number of rotatable bonds is 2. The van der Waals surface area contributed by atoms with Crippen LogP contribution in [0.1, 0.15) is 12.5 Å². The van der Waals surface area contributed by atoms with Crippen LogP contribution in [0.3, 0.4) is 0 Å². The second kappa shape index (κ2) is 3.67. The highest BCUT2D eigenvalue weighted by Crippen LogP contribution is 2.03. The van der Waals surface area contributed by atoms with Gasteiger partial charge in [-0.05, 0) is 30.7 Å². The van der Waals surface area contributed by atoms with Crippen LogP contribution in [-0.4, -0.2) is 10.9 Å². The van der Waals surface area contributed by atoms with Gasteiger partial charge in [0.1, 0.15) is 0 Å². The van der Waals surface area contributed by atoms with Crippen LogP contribution in [0.15, 0.2) is 30.1 Å². The molecule has 3 nitrogen and oxygen atoms in total. The lowest BCUT2D eigenvalue weighted by molar-refractivity contribution is -0.114. The molecule has 0 aliphatic heterocycles. The second-order valence-corrected chi connectivity index (χ2v) is 2.47. The van der Waals surface area contributed by atoms with Crippen LogP contribution in [0.25, 0.3) is 6.08 Å². The van der Waals surface area contributed by atoms with Crippen molar-refractivity contribution in [3.63, 3.8) is 0 Å². The first kappa shape index (κ1) is 8.46. The number of hydrogen-bond donors (Lipinski definition) is 1. The molecular formula is C9H10N2O. The zero-order chi connectivity index (χ0) is 8.97. The summed E-state index contributed by atoms with van der Waals surface area (Å²) < 4.78 is 0. The zero-order valence-electron chi connectivity index (χ0n) is 6.82. The minimum Gasteiger partial charge on any atom is -0.366 e. The van der Waals surface area contributed by atoms with E-state index < -0.39 is 5.91 Å². The van der Waals surface area contributed by atoms with Crippen molar-refractivity contribution in [1.82, 2.24) is 4.98 Å². The highest BCUT2D eigenvalue weighted by atomic mass is 16.1. The van der Waals surface area contributed by atoms with E-state index in [1.54, 1.807) is 25.4 Å². The van der Waals surface area contributed by atoms with Gasteiger partial charge in [0, 0.05) is 18.0 Å². The summed E-state index contributed by atoms with van der Waals surface area (Å²) in [6.45, 7) is 1.68. The average Bonchev–Trinajstić information content (AvgIpc) is 2.06. The molecule has 0 unspecified atom stereocenters. The minimum atomic E-state index is -0.396. The summed E-state index contributed by atoms with van der Waals surface area (Å²) in [6, 6.07) is 3.62. The largest absolute Gasteiger partial charge is 0.366 e. The molecular weight excluding hydrogens is 152 g/mol. The van der Waals surface area contributed by atoms with E-state index in [0.29, 0.717) is 5.57 Å². The first-order valence-electron chi connectivity index (χ1n) is 3.58. The SMILES string of the molecule is CC(=Cc1ccncc1)C(N)=O. The van der Waals surface area contributed by atoms with Gasteiger partial charge in [0.25, 0.3) is 0 Å². The van der Waals surface area contributed by atoms with E-state index in [9.17, 15) is 4.79 Å². The Hall–Kier alpha value is -1.64. The fourth-order valence-electron chi connectivity index (χ4n) is 0.781. The maximum Gasteiger partial charge on any atom is 0.244 e. The number of pyridine rings is 1. The Balaban J connectivity index is 2.89. The quantitative estimate of drug-likeness (QED) is 0.659. The molecule has 0 saturated carbocycles. The zero-order valence-corrected chi connectivity index (χ0v) is 6.82. The molecule has 1 rings (SSSR count). The number of primary amides is 1. The molecule has 0 saturated heterocycles. The molecule has 1 aromatic heterocycles. The monoisotopic (exact) mass is 162 g/mol. The van der Waals surface area contributed by atoms with Crippen LogP contribution in [0.4, 0.5) is 0 Å². The fraction of sp³-hybridized carbons (Fsp3) is 0.111. The highest BCUT2D eigenvalue weighted by molar-refractivity contribution is 5.95. The van der Waals surface area contributed by atoms with Crippen molar-refractivity contribution in [2.24, 2.45) is 5.73 Å². The second-order valence-electron chi connectivity index (χ2n) is 2.47. The smallest absolute Gasteiger partial charge is 0.244 e. The molecule has 12 heavy (non-hydrogen) atoms. The summed E-state index contributed by atoms with van der Waals surface area (Å²) in [5, 5.41) is 0. The third kappa shape index (κ3) is 2.20. The molecule has 0 radical (unpaired) electrons. The van der Waals surface area contributed by atoms with Gasteiger partial charge in [0.2, 0.25) is 5.91 Å². The van der Waals surface area contributed by atoms with E-state index in [0.717, 1.165) is 5.56 Å². The number of carbonyl (C=O) groups is 1. The van der Waals surface area contributed by atoms with Crippen molar-refractivity contribution in [3.8, 4) is 0 Å². The Labute approximate surface area is 70.9 Å². The standard InChI is InChI=1S/C9H10N2O/c1-7(9(10)12)6-8-2-4-11-5-3-8/h2-6H,1H3,(H2,10,12). The predicted molar refractivity (Wildman–Crippen MR) is 47.1 cm³/mol. The number of nitrogens with zero attached hydrogens (tertiary/aromatic N) is 1. The van der Waals surface area contributed by atoms with Crippen molar-refractivity contribution in [3.05, 3.63) is 35.7 Å². The van der Waals surface area contributed by atoms with Crippen molar-refractivity contribution in [1.29, 1.82) is 0 Å². The van der Waals surface area contributed by atoms with Crippen LogP contribution >= 0.6 is 0 Å². The Morgan fingerprint density at radius 3 is 2.58 bits per heavy atom. The van der Waals surface area contributed by atoms with E-state index in [1.807, 2.05) is 12.1 Å². The lowest BCUT2D eigenvalue weighted by Crippen LogP contribution is -2.11. The van der Waals surface area contributed by atoms with Crippen molar-refractivity contribution in [2.75, 3.05) is 0 Å². The van der Waals surface area contributed by atoms with Crippen LogP contribution in [0, 0.1) is 0 Å². The summed E-state index contributed by atoms with van der Waals surface area (Å²) in [5.74, 6) is -0.396. The van der Waals surface area contributed by atoms with Crippen LogP contribution in [0.5, 0.6) is 0 Å². The highest BCUT2D eigenvalue weighted by Gasteiger charge is 1.95. The van der Waals surface area contributed by atoms with E-state index in [2.05, 4.69) is 4.98 Å². The summed E-state index contributed by atoms with van der Waals surface area (Å²) in [7, 11) is 0. The molecule has 0 aromatic carbocycles. The Morgan fingerprint density at radius 1 is 1.50 bits per heavy atom. The number of amides is 1. The molecule has 62 valence electrons. The molecule has 0 fully saturated rings. The van der Waals surface area contributed by atoms with Crippen LogP contribution in [-0.2, 0) is 4.79 Å². The maximum atomic E-state index is 10.6. The summed E-state index contributed by atoms with van der Waals surface area (Å²) in [4.78, 5) is 14.5. The number of carbonyl (C=O) groups excluding carboxylic acids is 1. The molecule has 0 aliphatic carbocycles. The summed E-state index contributed by atoms with van der Waals surface area (Å²) in [5.41, 5.74) is 6.54. The van der Waals surface area contributed by atoms with Crippen LogP contribution in [0.2, 0.25) is 0 Å². The molecule has 0 atom stereocenters. The van der Waals surface area contributed by atoms with Crippen molar-refractivity contribution < 1.29 is 4.79 Å². The Morgan fingerprint density at radius 2 is 2.08 bits per heavy atom. The van der Waals surface area contributed by atoms with Gasteiger partial charge in [0.15, 0.2) is 0 Å². The van der Waals surface area contributed by atoms with Gasteiger partial charge in [0.05, 0.1) is 0 Å². The fourth-order valence-corrected chi connectivity index (χ4v) is 0.781. The molecule has 1 aromatic rings. The number of aromatic nitrogens is 1. The van der Waals surface area contributed by atoms with E-state index >= 15 is 0 Å². The topological polar surface area (TPSA) is 56.0 Å². The molecule has 1 amide bonds. The molecule has 0 aliphatic rings. The molecule has 0 spiro atoms. The van der Waals surface area contributed by atoms with E-state index in [1.165, 1.54) is 0 Å².